The van der Waals surface area contributed by atoms with Crippen LogP contribution in [-0.4, -0.2) is 42.3 Å². The Morgan fingerprint density at radius 1 is 1.07 bits per heavy atom. The quantitative estimate of drug-likeness (QED) is 0.817. The van der Waals surface area contributed by atoms with E-state index in [4.69, 9.17) is 4.42 Å². The van der Waals surface area contributed by atoms with Gasteiger partial charge in [0.2, 0.25) is 11.8 Å². The maximum absolute atomic E-state index is 12.3. The number of amides is 3. The number of carbonyl (C=O) groups is 3. The Hall–Kier alpha value is -3.09. The third-order valence-electron chi connectivity index (χ3n) is 4.63. The first kappa shape index (κ1) is 18.7. The number of nitrogens with zero attached hydrogens (tertiary/aromatic N) is 1. The summed E-state index contributed by atoms with van der Waals surface area (Å²) in [4.78, 5) is 38.2. The van der Waals surface area contributed by atoms with Crippen molar-refractivity contribution in [2.75, 3.05) is 25.0 Å². The van der Waals surface area contributed by atoms with Crippen molar-refractivity contribution in [2.45, 2.75) is 19.3 Å². The van der Waals surface area contributed by atoms with Gasteiger partial charge in [0.05, 0.1) is 11.8 Å². The summed E-state index contributed by atoms with van der Waals surface area (Å²) in [5.41, 5.74) is 1.27. The van der Waals surface area contributed by atoms with E-state index in [1.165, 1.54) is 12.5 Å². The maximum Gasteiger partial charge on any atom is 0.257 e. The van der Waals surface area contributed by atoms with E-state index in [2.05, 4.69) is 10.6 Å². The van der Waals surface area contributed by atoms with Crippen LogP contribution in [0.1, 0.15) is 29.6 Å². The van der Waals surface area contributed by atoms with Crippen LogP contribution in [0.15, 0.2) is 53.3 Å². The molecule has 1 fully saturated rings. The summed E-state index contributed by atoms with van der Waals surface area (Å²) in [6.07, 6.45) is 4.36. The van der Waals surface area contributed by atoms with Gasteiger partial charge in [0, 0.05) is 37.7 Å². The molecule has 3 amide bonds. The molecule has 27 heavy (non-hydrogen) atoms. The van der Waals surface area contributed by atoms with Crippen LogP contribution in [0, 0.1) is 5.92 Å². The average Bonchev–Trinajstić information content (AvgIpc) is 3.23. The topological polar surface area (TPSA) is 91.7 Å². The minimum atomic E-state index is -0.137. The first-order valence-electron chi connectivity index (χ1n) is 9.07. The van der Waals surface area contributed by atoms with Crippen molar-refractivity contribution in [1.82, 2.24) is 10.2 Å². The van der Waals surface area contributed by atoms with E-state index in [9.17, 15) is 14.4 Å². The first-order chi connectivity index (χ1) is 13.1. The number of benzene rings is 1. The van der Waals surface area contributed by atoms with E-state index >= 15 is 0 Å². The maximum atomic E-state index is 12.3. The van der Waals surface area contributed by atoms with Crippen molar-refractivity contribution >= 4 is 23.4 Å². The van der Waals surface area contributed by atoms with Crippen LogP contribution in [0.2, 0.25) is 0 Å². The number of anilines is 1. The van der Waals surface area contributed by atoms with Crippen molar-refractivity contribution < 1.29 is 18.8 Å². The molecule has 7 heteroatoms. The molecular weight excluding hydrogens is 346 g/mol. The summed E-state index contributed by atoms with van der Waals surface area (Å²) in [7, 11) is 0. The lowest BCUT2D eigenvalue weighted by molar-refractivity contribution is -0.126. The number of piperidine rings is 1. The Morgan fingerprint density at radius 2 is 1.81 bits per heavy atom. The smallest absolute Gasteiger partial charge is 0.257 e. The molecule has 7 nitrogen and oxygen atoms in total. The summed E-state index contributed by atoms with van der Waals surface area (Å²) in [5, 5.41) is 5.61. The third-order valence-corrected chi connectivity index (χ3v) is 4.63. The van der Waals surface area contributed by atoms with Gasteiger partial charge in [-0.1, -0.05) is 18.2 Å². The number of nitrogens with one attached hydrogen (secondary N) is 2. The van der Waals surface area contributed by atoms with Crippen LogP contribution in [0.25, 0.3) is 0 Å². The summed E-state index contributed by atoms with van der Waals surface area (Å²) >= 11 is 0. The molecule has 1 aliphatic rings. The lowest BCUT2D eigenvalue weighted by Crippen LogP contribution is -2.43. The molecule has 2 N–H and O–H groups in total. The minimum absolute atomic E-state index is 0.0575. The van der Waals surface area contributed by atoms with E-state index < -0.39 is 0 Å². The Labute approximate surface area is 157 Å². The van der Waals surface area contributed by atoms with Crippen LogP contribution in [0.3, 0.4) is 0 Å². The van der Waals surface area contributed by atoms with Gasteiger partial charge in [-0.3, -0.25) is 14.4 Å². The second-order valence-corrected chi connectivity index (χ2v) is 6.53. The van der Waals surface area contributed by atoms with Gasteiger partial charge in [0.25, 0.3) is 5.91 Å². The van der Waals surface area contributed by atoms with Crippen molar-refractivity contribution in [2.24, 2.45) is 5.92 Å². The molecule has 3 rings (SSSR count). The van der Waals surface area contributed by atoms with Gasteiger partial charge in [-0.25, -0.2) is 0 Å². The van der Waals surface area contributed by atoms with Gasteiger partial charge in [-0.15, -0.1) is 0 Å². The molecule has 1 aromatic carbocycles. The minimum Gasteiger partial charge on any atom is -0.472 e. The standard InChI is InChI=1S/C20H23N3O4/c24-18(22-17-4-2-1-3-5-17)6-10-21-19(25)15-7-11-23(12-8-15)20(26)16-9-13-27-14-16/h1-5,9,13-15H,6-8,10-12H2,(H,21,25)(H,22,24). The highest BCUT2D eigenvalue weighted by Gasteiger charge is 2.28. The molecule has 1 aliphatic heterocycles. The van der Waals surface area contributed by atoms with Gasteiger partial charge in [-0.2, -0.15) is 0 Å². The van der Waals surface area contributed by atoms with Gasteiger partial charge in [0.1, 0.15) is 6.26 Å². The van der Waals surface area contributed by atoms with E-state index in [0.29, 0.717) is 38.0 Å². The van der Waals surface area contributed by atoms with E-state index in [-0.39, 0.29) is 30.1 Å². The molecule has 0 atom stereocenters. The van der Waals surface area contributed by atoms with Crippen molar-refractivity contribution in [1.29, 1.82) is 0 Å². The second kappa shape index (κ2) is 9.02. The number of carbonyl (C=O) groups excluding carboxylic acids is 3. The summed E-state index contributed by atoms with van der Waals surface area (Å²) in [6.45, 7) is 1.37. The molecule has 2 heterocycles. The summed E-state index contributed by atoms with van der Waals surface area (Å²) in [6, 6.07) is 10.8. The van der Waals surface area contributed by atoms with Gasteiger partial charge < -0.3 is 20.0 Å². The van der Waals surface area contributed by atoms with Crippen molar-refractivity contribution in [3.63, 3.8) is 0 Å². The lowest BCUT2D eigenvalue weighted by atomic mass is 9.95. The highest BCUT2D eigenvalue weighted by Crippen LogP contribution is 2.19. The summed E-state index contributed by atoms with van der Waals surface area (Å²) < 4.78 is 4.94. The van der Waals surface area contributed by atoms with Crippen LogP contribution >= 0.6 is 0 Å². The third kappa shape index (κ3) is 5.20. The normalized spacial score (nSPS) is 14.6. The largest absolute Gasteiger partial charge is 0.472 e. The SMILES string of the molecule is O=C(CCNC(=O)C1CCN(C(=O)c2ccoc2)CC1)Nc1ccccc1. The molecule has 0 spiro atoms. The molecular formula is C20H23N3O4. The van der Waals surface area contributed by atoms with Crippen molar-refractivity contribution in [3.05, 3.63) is 54.5 Å². The molecule has 142 valence electrons. The van der Waals surface area contributed by atoms with E-state index in [1.54, 1.807) is 11.0 Å². The summed E-state index contributed by atoms with van der Waals surface area (Å²) in [5.74, 6) is -0.393. The fourth-order valence-electron chi connectivity index (χ4n) is 3.10. The van der Waals surface area contributed by atoms with Crippen LogP contribution in [-0.2, 0) is 9.59 Å². The number of hydrogen-bond acceptors (Lipinski definition) is 4. The van der Waals surface area contributed by atoms with E-state index in [0.717, 1.165) is 5.69 Å². The number of rotatable bonds is 6. The highest BCUT2D eigenvalue weighted by atomic mass is 16.3. The Kier molecular flexibility index (Phi) is 6.25. The fraction of sp³-hybridized carbons (Fsp3) is 0.350. The predicted octanol–water partition coefficient (Wildman–Crippen LogP) is 2.28. The number of hydrogen-bond donors (Lipinski definition) is 2. The van der Waals surface area contributed by atoms with Gasteiger partial charge >= 0.3 is 0 Å². The molecule has 0 aliphatic carbocycles. The van der Waals surface area contributed by atoms with Gasteiger partial charge in [0.15, 0.2) is 0 Å². The monoisotopic (exact) mass is 369 g/mol. The van der Waals surface area contributed by atoms with Crippen LogP contribution < -0.4 is 10.6 Å². The average molecular weight is 369 g/mol. The van der Waals surface area contributed by atoms with E-state index in [1.807, 2.05) is 30.3 Å². The Morgan fingerprint density at radius 3 is 2.48 bits per heavy atom. The lowest BCUT2D eigenvalue weighted by Gasteiger charge is -2.31. The molecule has 0 radical (unpaired) electrons. The molecule has 0 unspecified atom stereocenters. The molecule has 0 bridgehead atoms. The zero-order valence-corrected chi connectivity index (χ0v) is 15.0. The van der Waals surface area contributed by atoms with Crippen LogP contribution in [0.4, 0.5) is 5.69 Å². The fourth-order valence-corrected chi connectivity index (χ4v) is 3.10. The molecule has 2 aromatic rings. The number of likely N-dealkylation sites (tertiary alicyclic amines) is 1. The molecule has 0 saturated carbocycles. The zero-order chi connectivity index (χ0) is 19.1. The number of furan rings is 1. The Bertz CT molecular complexity index is 766. The molecule has 1 aromatic heterocycles. The predicted molar refractivity (Wildman–Crippen MR) is 100 cm³/mol. The first-order valence-corrected chi connectivity index (χ1v) is 9.07. The van der Waals surface area contributed by atoms with Crippen LogP contribution in [0.5, 0.6) is 0 Å². The zero-order valence-electron chi connectivity index (χ0n) is 15.0. The highest BCUT2D eigenvalue weighted by molar-refractivity contribution is 5.94. The Balaban J connectivity index is 1.36. The number of para-hydroxylation sites is 1. The van der Waals surface area contributed by atoms with Crippen molar-refractivity contribution in [3.8, 4) is 0 Å². The second-order valence-electron chi connectivity index (χ2n) is 6.53. The van der Waals surface area contributed by atoms with Gasteiger partial charge in [-0.05, 0) is 31.0 Å². The molecule has 1 saturated heterocycles.